The van der Waals surface area contributed by atoms with Crippen LogP contribution in [0.1, 0.15) is 26.7 Å². The molecule has 0 saturated carbocycles. The fourth-order valence-corrected chi connectivity index (χ4v) is 0.702. The van der Waals surface area contributed by atoms with Crippen LogP contribution in [0.2, 0.25) is 0 Å². The normalized spacial score (nSPS) is 13.2. The van der Waals surface area contributed by atoms with Crippen LogP contribution in [0.3, 0.4) is 0 Å². The van der Waals surface area contributed by atoms with Gasteiger partial charge in [-0.1, -0.05) is 32.4 Å². The number of aliphatic hydroxyl groups excluding tert-OH is 1. The minimum atomic E-state index is 0.143. The van der Waals surface area contributed by atoms with Gasteiger partial charge < -0.3 is 5.11 Å². The van der Waals surface area contributed by atoms with Crippen LogP contribution < -0.4 is 0 Å². The van der Waals surface area contributed by atoms with Crippen molar-refractivity contribution in [1.82, 2.24) is 0 Å². The first-order chi connectivity index (χ1) is 4.20. The Kier molecular flexibility index (Phi) is 4.41. The van der Waals surface area contributed by atoms with Crippen molar-refractivity contribution in [3.8, 4) is 0 Å². The minimum absolute atomic E-state index is 0.143. The van der Waals surface area contributed by atoms with Gasteiger partial charge >= 0.3 is 0 Å². The Balaban J connectivity index is 3.34. The van der Waals surface area contributed by atoms with Crippen molar-refractivity contribution in [2.24, 2.45) is 5.92 Å². The average Bonchev–Trinajstić information content (AvgIpc) is 1.87. The first-order valence-corrected chi connectivity index (χ1v) is 3.48. The molecule has 9 heavy (non-hydrogen) atoms. The zero-order valence-electron chi connectivity index (χ0n) is 6.35. The molecule has 0 aliphatic heterocycles. The maximum absolute atomic E-state index is 8.58. The van der Waals surface area contributed by atoms with E-state index in [1.807, 2.05) is 0 Å². The second-order valence-electron chi connectivity index (χ2n) is 2.63. The van der Waals surface area contributed by atoms with Gasteiger partial charge in [-0.2, -0.15) is 0 Å². The molecule has 0 fully saturated rings. The fourth-order valence-electron chi connectivity index (χ4n) is 0.702. The molecule has 0 aromatic rings. The van der Waals surface area contributed by atoms with E-state index in [1.54, 1.807) is 0 Å². The SMILES string of the molecule is C=C(CO)CC(C)CC. The highest BCUT2D eigenvalue weighted by Gasteiger charge is 1.99. The van der Waals surface area contributed by atoms with Gasteiger partial charge in [0.1, 0.15) is 0 Å². The Hall–Kier alpha value is -0.300. The average molecular weight is 128 g/mol. The number of rotatable bonds is 4. The van der Waals surface area contributed by atoms with Crippen molar-refractivity contribution < 1.29 is 5.11 Å². The summed E-state index contributed by atoms with van der Waals surface area (Å²) >= 11 is 0. The Morgan fingerprint density at radius 1 is 1.67 bits per heavy atom. The van der Waals surface area contributed by atoms with E-state index >= 15 is 0 Å². The molecule has 0 amide bonds. The highest BCUT2D eigenvalue weighted by atomic mass is 16.3. The molecule has 1 nitrogen and oxygen atoms in total. The van der Waals surface area contributed by atoms with E-state index in [1.165, 1.54) is 6.42 Å². The summed E-state index contributed by atoms with van der Waals surface area (Å²) in [5, 5.41) is 8.58. The second-order valence-corrected chi connectivity index (χ2v) is 2.63. The number of hydrogen-bond acceptors (Lipinski definition) is 1. The molecule has 0 heterocycles. The van der Waals surface area contributed by atoms with E-state index in [-0.39, 0.29) is 6.61 Å². The highest BCUT2D eigenvalue weighted by molar-refractivity contribution is 4.94. The predicted octanol–water partition coefficient (Wildman–Crippen LogP) is 1.97. The van der Waals surface area contributed by atoms with Gasteiger partial charge in [-0.15, -0.1) is 0 Å². The van der Waals surface area contributed by atoms with Gasteiger partial charge in [0.15, 0.2) is 0 Å². The Morgan fingerprint density at radius 2 is 2.22 bits per heavy atom. The van der Waals surface area contributed by atoms with Gasteiger partial charge in [-0.3, -0.25) is 0 Å². The van der Waals surface area contributed by atoms with Gasteiger partial charge in [0.2, 0.25) is 0 Å². The number of aliphatic hydroxyl groups is 1. The van der Waals surface area contributed by atoms with Crippen LogP contribution in [-0.4, -0.2) is 11.7 Å². The summed E-state index contributed by atoms with van der Waals surface area (Å²) < 4.78 is 0. The first-order valence-electron chi connectivity index (χ1n) is 3.48. The van der Waals surface area contributed by atoms with Gasteiger partial charge in [0.05, 0.1) is 6.61 Å². The summed E-state index contributed by atoms with van der Waals surface area (Å²) in [7, 11) is 0. The monoisotopic (exact) mass is 128 g/mol. The maximum atomic E-state index is 8.58. The first kappa shape index (κ1) is 8.70. The summed E-state index contributed by atoms with van der Waals surface area (Å²) in [6.07, 6.45) is 2.13. The van der Waals surface area contributed by atoms with Gasteiger partial charge in [-0.05, 0) is 12.3 Å². The third-order valence-corrected chi connectivity index (χ3v) is 1.56. The molecule has 1 heteroatoms. The lowest BCUT2D eigenvalue weighted by Gasteiger charge is -2.07. The van der Waals surface area contributed by atoms with Crippen LogP contribution in [-0.2, 0) is 0 Å². The van der Waals surface area contributed by atoms with E-state index < -0.39 is 0 Å². The lowest BCUT2D eigenvalue weighted by molar-refractivity contribution is 0.321. The molecule has 0 bridgehead atoms. The summed E-state index contributed by atoms with van der Waals surface area (Å²) in [6, 6.07) is 0. The fraction of sp³-hybridized carbons (Fsp3) is 0.750. The summed E-state index contributed by atoms with van der Waals surface area (Å²) in [4.78, 5) is 0. The molecule has 0 aliphatic rings. The van der Waals surface area contributed by atoms with Crippen LogP contribution in [0.15, 0.2) is 12.2 Å². The molecular weight excluding hydrogens is 112 g/mol. The highest BCUT2D eigenvalue weighted by Crippen LogP contribution is 2.11. The lowest BCUT2D eigenvalue weighted by Crippen LogP contribution is -1.96. The molecule has 1 atom stereocenters. The van der Waals surface area contributed by atoms with Crippen molar-refractivity contribution in [3.05, 3.63) is 12.2 Å². The van der Waals surface area contributed by atoms with Crippen LogP contribution in [0.25, 0.3) is 0 Å². The van der Waals surface area contributed by atoms with Crippen LogP contribution in [0.4, 0.5) is 0 Å². The van der Waals surface area contributed by atoms with Crippen molar-refractivity contribution in [3.63, 3.8) is 0 Å². The molecule has 54 valence electrons. The van der Waals surface area contributed by atoms with E-state index in [0.717, 1.165) is 12.0 Å². The molecule has 0 spiro atoms. The molecule has 0 aromatic heterocycles. The van der Waals surface area contributed by atoms with E-state index in [2.05, 4.69) is 20.4 Å². The molecular formula is C8H16O. The summed E-state index contributed by atoms with van der Waals surface area (Å²) in [6.45, 7) is 8.17. The van der Waals surface area contributed by atoms with Gasteiger partial charge in [0, 0.05) is 0 Å². The molecule has 0 aliphatic carbocycles. The third-order valence-electron chi connectivity index (χ3n) is 1.56. The molecule has 0 aromatic carbocycles. The number of hydrogen-bond donors (Lipinski definition) is 1. The lowest BCUT2D eigenvalue weighted by atomic mass is 10.0. The van der Waals surface area contributed by atoms with Crippen LogP contribution in [0.5, 0.6) is 0 Å². The standard InChI is InChI=1S/C8H16O/c1-4-7(2)5-8(3)6-9/h7,9H,3-6H2,1-2H3. The quantitative estimate of drug-likeness (QED) is 0.574. The Bertz CT molecular complexity index is 86.6. The van der Waals surface area contributed by atoms with Crippen LogP contribution >= 0.6 is 0 Å². The molecule has 1 unspecified atom stereocenters. The predicted molar refractivity (Wildman–Crippen MR) is 40.3 cm³/mol. The summed E-state index contributed by atoms with van der Waals surface area (Å²) in [5.74, 6) is 0.671. The van der Waals surface area contributed by atoms with Crippen molar-refractivity contribution >= 4 is 0 Å². The van der Waals surface area contributed by atoms with Gasteiger partial charge in [-0.25, -0.2) is 0 Å². The van der Waals surface area contributed by atoms with E-state index in [0.29, 0.717) is 5.92 Å². The zero-order chi connectivity index (χ0) is 7.28. The van der Waals surface area contributed by atoms with Crippen molar-refractivity contribution in [1.29, 1.82) is 0 Å². The smallest absolute Gasteiger partial charge is 0.0639 e. The molecule has 1 N–H and O–H groups in total. The molecule has 0 saturated heterocycles. The topological polar surface area (TPSA) is 20.2 Å². The molecule has 0 rings (SSSR count). The largest absolute Gasteiger partial charge is 0.392 e. The van der Waals surface area contributed by atoms with E-state index in [4.69, 9.17) is 5.11 Å². The van der Waals surface area contributed by atoms with Crippen molar-refractivity contribution in [2.45, 2.75) is 26.7 Å². The maximum Gasteiger partial charge on any atom is 0.0639 e. The van der Waals surface area contributed by atoms with Crippen molar-refractivity contribution in [2.75, 3.05) is 6.61 Å². The third kappa shape index (κ3) is 4.22. The van der Waals surface area contributed by atoms with Crippen LogP contribution in [0, 0.1) is 5.92 Å². The molecule has 0 radical (unpaired) electrons. The Labute approximate surface area is 57.4 Å². The second kappa shape index (κ2) is 4.57. The zero-order valence-corrected chi connectivity index (χ0v) is 6.35. The van der Waals surface area contributed by atoms with E-state index in [9.17, 15) is 0 Å². The Morgan fingerprint density at radius 3 is 2.56 bits per heavy atom. The summed E-state index contributed by atoms with van der Waals surface area (Å²) in [5.41, 5.74) is 0.948. The van der Waals surface area contributed by atoms with Gasteiger partial charge in [0.25, 0.3) is 0 Å². The minimum Gasteiger partial charge on any atom is -0.392 e.